The quantitative estimate of drug-likeness (QED) is 0.592. The van der Waals surface area contributed by atoms with Gasteiger partial charge < -0.3 is 14.3 Å². The molecule has 1 N–H and O–H groups in total. The molecule has 2 aromatic carbocycles. The number of hydrogen-bond acceptors (Lipinski definition) is 4. The molecule has 0 aliphatic carbocycles. The van der Waals surface area contributed by atoms with Crippen molar-refractivity contribution >= 4 is 16.9 Å². The molecule has 1 aliphatic heterocycles. The van der Waals surface area contributed by atoms with Crippen molar-refractivity contribution in [2.75, 3.05) is 6.54 Å². The highest BCUT2D eigenvalue weighted by Gasteiger charge is 2.26. The first-order chi connectivity index (χ1) is 13.2. The van der Waals surface area contributed by atoms with Crippen molar-refractivity contribution in [1.29, 1.82) is 0 Å². The summed E-state index contributed by atoms with van der Waals surface area (Å²) in [6, 6.07) is 15.4. The van der Waals surface area contributed by atoms with Crippen LogP contribution in [0.2, 0.25) is 0 Å². The summed E-state index contributed by atoms with van der Waals surface area (Å²) in [6.07, 6.45) is 0.673. The molecule has 1 aliphatic rings. The van der Waals surface area contributed by atoms with E-state index in [0.717, 1.165) is 33.9 Å². The molecular weight excluding hydrogens is 340 g/mol. The Balaban J connectivity index is 1.41. The fourth-order valence-corrected chi connectivity index (χ4v) is 3.53. The van der Waals surface area contributed by atoms with Gasteiger partial charge in [0.15, 0.2) is 0 Å². The third-order valence-electron chi connectivity index (χ3n) is 4.88. The molecule has 5 rings (SSSR count). The smallest absolute Gasteiger partial charge is 0.254 e. The average Bonchev–Trinajstić information content (AvgIpc) is 3.29. The molecule has 6 heteroatoms. The molecule has 0 fully saturated rings. The maximum atomic E-state index is 13.0. The van der Waals surface area contributed by atoms with Gasteiger partial charge in [-0.2, -0.15) is 0 Å². The minimum atomic E-state index is -0.000867. The highest BCUT2D eigenvalue weighted by atomic mass is 16.4. The zero-order valence-electron chi connectivity index (χ0n) is 14.9. The molecule has 6 nitrogen and oxygen atoms in total. The molecule has 0 saturated carbocycles. The molecular formula is C21H18N4O2. The van der Waals surface area contributed by atoms with E-state index in [-0.39, 0.29) is 5.91 Å². The number of fused-ring (bicyclic) bond motifs is 2. The highest BCUT2D eigenvalue weighted by molar-refractivity contribution is 5.97. The van der Waals surface area contributed by atoms with E-state index in [1.54, 1.807) is 0 Å². The number of benzene rings is 2. The molecule has 134 valence electrons. The fraction of sp³-hybridized carbons (Fsp3) is 0.190. The fourth-order valence-electron chi connectivity index (χ4n) is 3.53. The molecule has 3 heterocycles. The lowest BCUT2D eigenvalue weighted by atomic mass is 10.1. The van der Waals surface area contributed by atoms with Crippen LogP contribution in [0.1, 0.15) is 27.6 Å². The Morgan fingerprint density at radius 1 is 1.15 bits per heavy atom. The Morgan fingerprint density at radius 3 is 2.85 bits per heavy atom. The topological polar surface area (TPSA) is 75.0 Å². The molecule has 0 spiro atoms. The summed E-state index contributed by atoms with van der Waals surface area (Å²) >= 11 is 0. The first-order valence-electron chi connectivity index (χ1n) is 8.97. The van der Waals surface area contributed by atoms with E-state index in [4.69, 9.17) is 4.42 Å². The van der Waals surface area contributed by atoms with Gasteiger partial charge in [-0.1, -0.05) is 18.2 Å². The number of aryl methyl sites for hydroxylation is 1. The van der Waals surface area contributed by atoms with Crippen molar-refractivity contribution < 1.29 is 9.21 Å². The Bertz CT molecular complexity index is 1140. The standard InChI is InChI=1S/C21H18N4O2/c1-13-22-16-8-7-15(11-17(16)23-13)21(26)25-10-9-19-18(12-25)24-20(27-19)14-5-3-2-4-6-14/h2-8,11H,9-10,12H2,1H3,(H,22,23). The number of aromatic amines is 1. The predicted molar refractivity (Wildman–Crippen MR) is 101 cm³/mol. The number of carbonyl (C=O) groups is 1. The molecule has 1 amide bonds. The van der Waals surface area contributed by atoms with Gasteiger partial charge in [-0.15, -0.1) is 0 Å². The first kappa shape index (κ1) is 15.8. The van der Waals surface area contributed by atoms with Crippen molar-refractivity contribution in [3.63, 3.8) is 0 Å². The third-order valence-corrected chi connectivity index (χ3v) is 4.88. The van der Waals surface area contributed by atoms with Gasteiger partial charge in [0.2, 0.25) is 5.89 Å². The van der Waals surface area contributed by atoms with Crippen LogP contribution < -0.4 is 0 Å². The average molecular weight is 358 g/mol. The van der Waals surface area contributed by atoms with Gasteiger partial charge in [0.25, 0.3) is 5.91 Å². The van der Waals surface area contributed by atoms with Gasteiger partial charge in [-0.05, 0) is 37.3 Å². The minimum Gasteiger partial charge on any atom is -0.441 e. The molecule has 0 saturated heterocycles. The van der Waals surface area contributed by atoms with E-state index in [0.29, 0.717) is 31.0 Å². The zero-order chi connectivity index (χ0) is 18.4. The number of rotatable bonds is 2. The van der Waals surface area contributed by atoms with Crippen LogP contribution in [0, 0.1) is 6.92 Å². The maximum absolute atomic E-state index is 13.0. The molecule has 0 radical (unpaired) electrons. The number of carbonyl (C=O) groups excluding carboxylic acids is 1. The summed E-state index contributed by atoms with van der Waals surface area (Å²) < 4.78 is 5.92. The van der Waals surface area contributed by atoms with Crippen molar-refractivity contribution in [2.45, 2.75) is 19.9 Å². The van der Waals surface area contributed by atoms with Crippen LogP contribution in [0.3, 0.4) is 0 Å². The van der Waals surface area contributed by atoms with Crippen molar-refractivity contribution in [1.82, 2.24) is 19.9 Å². The molecule has 0 bridgehead atoms. The normalized spacial score (nSPS) is 13.7. The lowest BCUT2D eigenvalue weighted by Crippen LogP contribution is -2.35. The summed E-state index contributed by atoms with van der Waals surface area (Å²) in [5.74, 6) is 2.33. The van der Waals surface area contributed by atoms with Crippen LogP contribution in [0.15, 0.2) is 52.9 Å². The summed E-state index contributed by atoms with van der Waals surface area (Å²) in [4.78, 5) is 27.0. The third kappa shape index (κ3) is 2.79. The number of oxazole rings is 1. The van der Waals surface area contributed by atoms with Gasteiger partial charge in [0, 0.05) is 24.1 Å². The van der Waals surface area contributed by atoms with Gasteiger partial charge in [-0.25, -0.2) is 9.97 Å². The van der Waals surface area contributed by atoms with Crippen LogP contribution in [0.25, 0.3) is 22.5 Å². The summed E-state index contributed by atoms with van der Waals surface area (Å²) in [7, 11) is 0. The SMILES string of the molecule is Cc1nc2ccc(C(=O)N3CCc4oc(-c5ccccc5)nc4C3)cc2[nH]1. The van der Waals surface area contributed by atoms with Gasteiger partial charge in [0.05, 0.1) is 17.6 Å². The molecule has 0 atom stereocenters. The number of aromatic nitrogens is 3. The lowest BCUT2D eigenvalue weighted by Gasteiger charge is -2.25. The van der Waals surface area contributed by atoms with E-state index < -0.39 is 0 Å². The van der Waals surface area contributed by atoms with E-state index in [9.17, 15) is 4.79 Å². The molecule has 0 unspecified atom stereocenters. The molecule has 4 aromatic rings. The monoisotopic (exact) mass is 358 g/mol. The van der Waals surface area contributed by atoms with E-state index in [2.05, 4.69) is 15.0 Å². The van der Waals surface area contributed by atoms with Crippen molar-refractivity contribution in [2.24, 2.45) is 0 Å². The van der Waals surface area contributed by atoms with Crippen LogP contribution in [0.5, 0.6) is 0 Å². The Kier molecular flexibility index (Phi) is 3.57. The van der Waals surface area contributed by atoms with Gasteiger partial charge >= 0.3 is 0 Å². The zero-order valence-corrected chi connectivity index (χ0v) is 14.9. The highest BCUT2D eigenvalue weighted by Crippen LogP contribution is 2.27. The summed E-state index contributed by atoms with van der Waals surface area (Å²) in [6.45, 7) is 2.99. The summed E-state index contributed by atoms with van der Waals surface area (Å²) in [5.41, 5.74) is 4.19. The molecule has 2 aromatic heterocycles. The predicted octanol–water partition coefficient (Wildman–Crippen LogP) is 3.72. The van der Waals surface area contributed by atoms with Crippen molar-refractivity contribution in [3.05, 3.63) is 71.4 Å². The lowest BCUT2D eigenvalue weighted by molar-refractivity contribution is 0.0728. The number of hydrogen-bond donors (Lipinski definition) is 1. The Hall–Kier alpha value is -3.41. The second-order valence-corrected chi connectivity index (χ2v) is 6.79. The molecule has 27 heavy (non-hydrogen) atoms. The van der Waals surface area contributed by atoms with Crippen LogP contribution >= 0.6 is 0 Å². The van der Waals surface area contributed by atoms with Crippen LogP contribution in [0.4, 0.5) is 0 Å². The second kappa shape index (κ2) is 6.09. The van der Waals surface area contributed by atoms with Gasteiger partial charge in [-0.3, -0.25) is 4.79 Å². The first-order valence-corrected chi connectivity index (χ1v) is 8.97. The minimum absolute atomic E-state index is 0.000867. The summed E-state index contributed by atoms with van der Waals surface area (Å²) in [5, 5.41) is 0. The second-order valence-electron chi connectivity index (χ2n) is 6.79. The maximum Gasteiger partial charge on any atom is 0.254 e. The number of H-pyrrole nitrogens is 1. The Labute approximate surface area is 155 Å². The van der Waals surface area contributed by atoms with Gasteiger partial charge in [0.1, 0.15) is 17.3 Å². The van der Waals surface area contributed by atoms with Crippen LogP contribution in [-0.4, -0.2) is 32.3 Å². The largest absolute Gasteiger partial charge is 0.441 e. The number of nitrogens with zero attached hydrogens (tertiary/aromatic N) is 3. The van der Waals surface area contributed by atoms with E-state index in [1.165, 1.54) is 0 Å². The van der Waals surface area contributed by atoms with Crippen molar-refractivity contribution in [3.8, 4) is 11.5 Å². The number of imidazole rings is 1. The Morgan fingerprint density at radius 2 is 2.00 bits per heavy atom. The van der Waals surface area contributed by atoms with Crippen LogP contribution in [-0.2, 0) is 13.0 Å². The number of amides is 1. The number of nitrogens with one attached hydrogen (secondary N) is 1. The van der Waals surface area contributed by atoms with E-state index in [1.807, 2.05) is 60.4 Å². The van der Waals surface area contributed by atoms with E-state index >= 15 is 0 Å².